The van der Waals surface area contributed by atoms with Crippen LogP contribution in [0.3, 0.4) is 0 Å². The molecule has 0 atom stereocenters. The van der Waals surface area contributed by atoms with Crippen molar-refractivity contribution in [2.45, 2.75) is 6.92 Å². The van der Waals surface area contributed by atoms with Crippen LogP contribution >= 0.6 is 0 Å². The number of pyridine rings is 1. The molecule has 0 saturated heterocycles. The van der Waals surface area contributed by atoms with Gasteiger partial charge in [0.15, 0.2) is 17.2 Å². The molecule has 0 saturated carbocycles. The molecule has 13 heavy (non-hydrogen) atoms. The largest absolute Gasteiger partial charge is 0.304 e. The van der Waals surface area contributed by atoms with Crippen molar-refractivity contribution in [2.75, 3.05) is 0 Å². The normalized spacial score (nSPS) is 10.6. The van der Waals surface area contributed by atoms with Crippen molar-refractivity contribution in [3.8, 4) is 0 Å². The summed E-state index contributed by atoms with van der Waals surface area (Å²) in [4.78, 5) is 14.8. The summed E-state index contributed by atoms with van der Waals surface area (Å²) < 4.78 is 14.6. The van der Waals surface area contributed by atoms with Crippen LogP contribution in [0.15, 0.2) is 24.5 Å². The summed E-state index contributed by atoms with van der Waals surface area (Å²) in [5.74, 6) is -0.585. The van der Waals surface area contributed by atoms with E-state index in [1.807, 2.05) is 0 Å². The van der Waals surface area contributed by atoms with Gasteiger partial charge in [-0.15, -0.1) is 0 Å². The highest BCUT2D eigenvalue weighted by molar-refractivity contribution is 5.92. The number of halogens is 1. The third kappa shape index (κ3) is 1.20. The zero-order chi connectivity index (χ0) is 9.42. The number of hydrogen-bond donors (Lipinski definition) is 0. The number of hydrogen-bond acceptors (Lipinski definition) is 2. The number of rotatable bonds is 1. The standard InChI is InChI=1S/C9H7FN2O/c1-6(13)8-5-12-4-2-3-7(10)9(12)11-8/h2-5H,1H3. The molecule has 0 N–H and O–H groups in total. The van der Waals surface area contributed by atoms with E-state index in [9.17, 15) is 9.18 Å². The summed E-state index contributed by atoms with van der Waals surface area (Å²) in [6.07, 6.45) is 3.17. The van der Waals surface area contributed by atoms with E-state index >= 15 is 0 Å². The van der Waals surface area contributed by atoms with Crippen LogP contribution in [0.2, 0.25) is 0 Å². The lowest BCUT2D eigenvalue weighted by atomic mass is 10.3. The Morgan fingerprint density at radius 1 is 1.62 bits per heavy atom. The summed E-state index contributed by atoms with van der Waals surface area (Å²) in [7, 11) is 0. The van der Waals surface area contributed by atoms with Gasteiger partial charge in [0, 0.05) is 19.3 Å². The second-order valence-electron chi connectivity index (χ2n) is 2.77. The fraction of sp³-hybridized carbons (Fsp3) is 0.111. The van der Waals surface area contributed by atoms with Crippen molar-refractivity contribution >= 4 is 11.4 Å². The maximum atomic E-state index is 13.1. The van der Waals surface area contributed by atoms with Gasteiger partial charge in [-0.25, -0.2) is 9.37 Å². The zero-order valence-corrected chi connectivity index (χ0v) is 6.99. The van der Waals surface area contributed by atoms with Crippen molar-refractivity contribution in [1.82, 2.24) is 9.38 Å². The van der Waals surface area contributed by atoms with E-state index < -0.39 is 5.82 Å². The van der Waals surface area contributed by atoms with Crippen molar-refractivity contribution in [3.05, 3.63) is 36.0 Å². The molecule has 2 aromatic heterocycles. The SMILES string of the molecule is CC(=O)c1cn2cccc(F)c2n1. The Balaban J connectivity index is 2.75. The third-order valence-corrected chi connectivity index (χ3v) is 1.80. The predicted octanol–water partition coefficient (Wildman–Crippen LogP) is 1.68. The first-order valence-corrected chi connectivity index (χ1v) is 3.82. The van der Waals surface area contributed by atoms with E-state index in [-0.39, 0.29) is 17.1 Å². The Bertz CT molecular complexity index is 475. The second kappa shape index (κ2) is 2.65. The summed E-state index contributed by atoms with van der Waals surface area (Å²) >= 11 is 0. The number of nitrogens with zero attached hydrogens (tertiary/aromatic N) is 2. The summed E-state index contributed by atoms with van der Waals surface area (Å²) in [5.41, 5.74) is 0.470. The Morgan fingerprint density at radius 3 is 3.00 bits per heavy atom. The van der Waals surface area contributed by atoms with E-state index in [4.69, 9.17) is 0 Å². The van der Waals surface area contributed by atoms with Gasteiger partial charge >= 0.3 is 0 Å². The Morgan fingerprint density at radius 2 is 2.38 bits per heavy atom. The fourth-order valence-electron chi connectivity index (χ4n) is 1.15. The molecular formula is C9H7FN2O. The van der Waals surface area contributed by atoms with Crippen LogP contribution < -0.4 is 0 Å². The quantitative estimate of drug-likeness (QED) is 0.622. The molecule has 2 rings (SSSR count). The molecule has 0 radical (unpaired) electrons. The molecule has 0 aliphatic heterocycles. The van der Waals surface area contributed by atoms with Gasteiger partial charge in [0.2, 0.25) is 0 Å². The first-order valence-electron chi connectivity index (χ1n) is 3.82. The molecule has 0 aliphatic carbocycles. The first-order chi connectivity index (χ1) is 6.18. The lowest BCUT2D eigenvalue weighted by Gasteiger charge is -1.90. The van der Waals surface area contributed by atoms with Gasteiger partial charge in [-0.1, -0.05) is 0 Å². The zero-order valence-electron chi connectivity index (χ0n) is 6.99. The molecule has 0 spiro atoms. The van der Waals surface area contributed by atoms with Crippen LogP contribution in [0, 0.1) is 5.82 Å². The van der Waals surface area contributed by atoms with E-state index in [0.29, 0.717) is 0 Å². The topological polar surface area (TPSA) is 34.4 Å². The van der Waals surface area contributed by atoms with Crippen molar-refractivity contribution in [1.29, 1.82) is 0 Å². The van der Waals surface area contributed by atoms with Gasteiger partial charge in [-0.2, -0.15) is 0 Å². The van der Waals surface area contributed by atoms with Gasteiger partial charge in [0.05, 0.1) is 0 Å². The molecule has 0 fully saturated rings. The van der Waals surface area contributed by atoms with Crippen LogP contribution in [0.5, 0.6) is 0 Å². The van der Waals surface area contributed by atoms with Crippen molar-refractivity contribution < 1.29 is 9.18 Å². The molecule has 2 heterocycles. The number of fused-ring (bicyclic) bond motifs is 1. The lowest BCUT2D eigenvalue weighted by molar-refractivity contribution is 0.101. The van der Waals surface area contributed by atoms with Crippen LogP contribution in [0.1, 0.15) is 17.4 Å². The van der Waals surface area contributed by atoms with Crippen LogP contribution in [-0.2, 0) is 0 Å². The smallest absolute Gasteiger partial charge is 0.179 e. The molecule has 0 aromatic carbocycles. The van der Waals surface area contributed by atoms with Gasteiger partial charge < -0.3 is 4.40 Å². The van der Waals surface area contributed by atoms with E-state index in [0.717, 1.165) is 0 Å². The van der Waals surface area contributed by atoms with Crippen LogP contribution in [0.4, 0.5) is 4.39 Å². The maximum absolute atomic E-state index is 13.1. The van der Waals surface area contributed by atoms with Gasteiger partial charge in [0.1, 0.15) is 5.69 Å². The van der Waals surface area contributed by atoms with Gasteiger partial charge in [0.25, 0.3) is 0 Å². The number of ketones is 1. The minimum Gasteiger partial charge on any atom is -0.304 e. The van der Waals surface area contributed by atoms with Crippen LogP contribution in [-0.4, -0.2) is 15.2 Å². The molecule has 0 unspecified atom stereocenters. The summed E-state index contributed by atoms with van der Waals surface area (Å²) in [6, 6.07) is 2.88. The molecule has 3 nitrogen and oxygen atoms in total. The summed E-state index contributed by atoms with van der Waals surface area (Å²) in [5, 5.41) is 0. The molecule has 0 amide bonds. The first kappa shape index (κ1) is 7.91. The van der Waals surface area contributed by atoms with Crippen LogP contribution in [0.25, 0.3) is 5.65 Å². The molecule has 66 valence electrons. The van der Waals surface area contributed by atoms with E-state index in [1.165, 1.54) is 23.6 Å². The number of carbonyl (C=O) groups is 1. The predicted molar refractivity (Wildman–Crippen MR) is 45.2 cm³/mol. The fourth-order valence-corrected chi connectivity index (χ4v) is 1.15. The average molecular weight is 178 g/mol. The number of imidazole rings is 1. The highest BCUT2D eigenvalue weighted by Gasteiger charge is 2.07. The minimum absolute atomic E-state index is 0.164. The lowest BCUT2D eigenvalue weighted by Crippen LogP contribution is -1.90. The molecular weight excluding hydrogens is 171 g/mol. The van der Waals surface area contributed by atoms with Crippen molar-refractivity contribution in [2.24, 2.45) is 0 Å². The minimum atomic E-state index is -0.421. The average Bonchev–Trinajstić information content (AvgIpc) is 2.49. The van der Waals surface area contributed by atoms with Gasteiger partial charge in [-0.3, -0.25) is 4.79 Å². The maximum Gasteiger partial charge on any atom is 0.179 e. The van der Waals surface area contributed by atoms with E-state index in [2.05, 4.69) is 4.98 Å². The second-order valence-corrected chi connectivity index (χ2v) is 2.77. The highest BCUT2D eigenvalue weighted by atomic mass is 19.1. The Hall–Kier alpha value is -1.71. The van der Waals surface area contributed by atoms with Gasteiger partial charge in [-0.05, 0) is 12.1 Å². The third-order valence-electron chi connectivity index (χ3n) is 1.80. The summed E-state index contributed by atoms with van der Waals surface area (Å²) in [6.45, 7) is 1.40. The highest BCUT2D eigenvalue weighted by Crippen LogP contribution is 2.09. The molecule has 2 aromatic rings. The van der Waals surface area contributed by atoms with Crippen molar-refractivity contribution in [3.63, 3.8) is 0 Å². The number of carbonyl (C=O) groups excluding carboxylic acids is 1. The Labute approximate surface area is 73.8 Å². The molecule has 0 aliphatic rings. The number of aromatic nitrogens is 2. The Kier molecular flexibility index (Phi) is 1.62. The molecule has 0 bridgehead atoms. The van der Waals surface area contributed by atoms with E-state index in [1.54, 1.807) is 12.3 Å². The number of Topliss-reactive ketones (excluding diaryl/α,β-unsaturated/α-hetero) is 1. The molecule has 4 heteroatoms. The monoisotopic (exact) mass is 178 g/mol.